The van der Waals surface area contributed by atoms with E-state index in [1.165, 1.54) is 0 Å². The summed E-state index contributed by atoms with van der Waals surface area (Å²) in [5, 5.41) is 3.09. The highest BCUT2D eigenvalue weighted by molar-refractivity contribution is 9.10. The van der Waals surface area contributed by atoms with Crippen molar-refractivity contribution in [3.63, 3.8) is 0 Å². The van der Waals surface area contributed by atoms with Gasteiger partial charge in [-0.2, -0.15) is 0 Å². The Balaban J connectivity index is 2.11. The van der Waals surface area contributed by atoms with Crippen molar-refractivity contribution in [2.45, 2.75) is 26.4 Å². The third-order valence-electron chi connectivity index (χ3n) is 2.73. The smallest absolute Gasteiger partial charge is 0.293 e. The Hall–Kier alpha value is -1.62. The van der Waals surface area contributed by atoms with Gasteiger partial charge in [0, 0.05) is 30.0 Å². The molecule has 0 saturated heterocycles. The molecule has 0 aliphatic carbocycles. The molecule has 2 rings (SSSR count). The van der Waals surface area contributed by atoms with Crippen LogP contribution in [0.4, 0.5) is 5.82 Å². The quantitative estimate of drug-likeness (QED) is 0.920. The van der Waals surface area contributed by atoms with Gasteiger partial charge in [0.2, 0.25) is 0 Å². The fourth-order valence-electron chi connectivity index (χ4n) is 1.82. The fourth-order valence-corrected chi connectivity index (χ4v) is 2.26. The summed E-state index contributed by atoms with van der Waals surface area (Å²) >= 11 is 3.43. The number of anilines is 1. The second-order valence-corrected chi connectivity index (χ2v) is 5.17. The molecule has 100 valence electrons. The molecule has 0 spiro atoms. The van der Waals surface area contributed by atoms with E-state index < -0.39 is 0 Å². The molecule has 2 aromatic rings. The standard InChI is InChI=1S/C14H16BrN3O/c1-2-7-18-8-6-16-13(14(18)19)17-10-11-4-3-5-12(15)9-11/h3-6,8-9H,2,7,10H2,1H3,(H,16,17). The summed E-state index contributed by atoms with van der Waals surface area (Å²) in [4.78, 5) is 16.2. The van der Waals surface area contributed by atoms with Crippen LogP contribution in [-0.2, 0) is 13.1 Å². The van der Waals surface area contributed by atoms with E-state index >= 15 is 0 Å². The normalized spacial score (nSPS) is 10.4. The Labute approximate surface area is 120 Å². The topological polar surface area (TPSA) is 46.9 Å². The summed E-state index contributed by atoms with van der Waals surface area (Å²) in [6.07, 6.45) is 4.30. The highest BCUT2D eigenvalue weighted by Gasteiger charge is 2.03. The zero-order valence-corrected chi connectivity index (χ0v) is 12.4. The van der Waals surface area contributed by atoms with E-state index in [4.69, 9.17) is 0 Å². The van der Waals surface area contributed by atoms with Gasteiger partial charge in [-0.3, -0.25) is 4.79 Å². The minimum Gasteiger partial charge on any atom is -0.361 e. The lowest BCUT2D eigenvalue weighted by atomic mass is 10.2. The SMILES string of the molecule is CCCn1ccnc(NCc2cccc(Br)c2)c1=O. The number of aromatic nitrogens is 2. The van der Waals surface area contributed by atoms with Gasteiger partial charge in [0.1, 0.15) is 0 Å². The monoisotopic (exact) mass is 321 g/mol. The van der Waals surface area contributed by atoms with Crippen LogP contribution in [0.25, 0.3) is 0 Å². The maximum absolute atomic E-state index is 12.1. The molecule has 0 unspecified atom stereocenters. The number of hydrogen-bond donors (Lipinski definition) is 1. The van der Waals surface area contributed by atoms with Gasteiger partial charge in [-0.25, -0.2) is 4.98 Å². The predicted octanol–water partition coefficient (Wildman–Crippen LogP) is 3.03. The van der Waals surface area contributed by atoms with Gasteiger partial charge in [-0.15, -0.1) is 0 Å². The van der Waals surface area contributed by atoms with Gasteiger partial charge in [0.25, 0.3) is 5.56 Å². The zero-order chi connectivity index (χ0) is 13.7. The number of hydrogen-bond acceptors (Lipinski definition) is 3. The van der Waals surface area contributed by atoms with Crippen LogP contribution in [-0.4, -0.2) is 9.55 Å². The van der Waals surface area contributed by atoms with Crippen LogP contribution in [0.1, 0.15) is 18.9 Å². The highest BCUT2D eigenvalue weighted by Crippen LogP contribution is 2.12. The molecule has 5 heteroatoms. The van der Waals surface area contributed by atoms with Crippen LogP contribution in [0.2, 0.25) is 0 Å². The average Bonchev–Trinajstić information content (AvgIpc) is 2.40. The molecular weight excluding hydrogens is 306 g/mol. The van der Waals surface area contributed by atoms with E-state index in [1.807, 2.05) is 31.2 Å². The predicted molar refractivity (Wildman–Crippen MR) is 80.3 cm³/mol. The minimum atomic E-state index is -0.0700. The van der Waals surface area contributed by atoms with Crippen LogP contribution in [0, 0.1) is 0 Å². The van der Waals surface area contributed by atoms with Crippen LogP contribution >= 0.6 is 15.9 Å². The molecular formula is C14H16BrN3O. The van der Waals surface area contributed by atoms with Gasteiger partial charge in [0.15, 0.2) is 5.82 Å². The Bertz CT molecular complexity index is 610. The van der Waals surface area contributed by atoms with Crippen molar-refractivity contribution < 1.29 is 0 Å². The van der Waals surface area contributed by atoms with Crippen molar-refractivity contribution in [1.82, 2.24) is 9.55 Å². The van der Waals surface area contributed by atoms with Crippen molar-refractivity contribution in [2.75, 3.05) is 5.32 Å². The first-order valence-corrected chi connectivity index (χ1v) is 7.03. The third kappa shape index (κ3) is 3.67. The van der Waals surface area contributed by atoms with E-state index in [0.29, 0.717) is 18.9 Å². The largest absolute Gasteiger partial charge is 0.361 e. The maximum atomic E-state index is 12.1. The summed E-state index contributed by atoms with van der Waals surface area (Å²) in [5.41, 5.74) is 1.03. The van der Waals surface area contributed by atoms with Gasteiger partial charge in [0.05, 0.1) is 0 Å². The highest BCUT2D eigenvalue weighted by atomic mass is 79.9. The lowest BCUT2D eigenvalue weighted by Gasteiger charge is -2.08. The number of rotatable bonds is 5. The van der Waals surface area contributed by atoms with Gasteiger partial charge in [-0.05, 0) is 24.1 Å². The maximum Gasteiger partial charge on any atom is 0.293 e. The Kier molecular flexibility index (Phi) is 4.74. The van der Waals surface area contributed by atoms with E-state index in [1.54, 1.807) is 17.0 Å². The number of nitrogens with zero attached hydrogens (tertiary/aromatic N) is 2. The molecule has 0 fully saturated rings. The van der Waals surface area contributed by atoms with Crippen molar-refractivity contribution in [1.29, 1.82) is 0 Å². The van der Waals surface area contributed by atoms with E-state index in [-0.39, 0.29) is 5.56 Å². The second-order valence-electron chi connectivity index (χ2n) is 4.26. The summed E-state index contributed by atoms with van der Waals surface area (Å²) in [6, 6.07) is 7.96. The van der Waals surface area contributed by atoms with Crippen LogP contribution < -0.4 is 10.9 Å². The number of halogens is 1. The first-order valence-electron chi connectivity index (χ1n) is 6.24. The molecule has 0 aliphatic rings. The van der Waals surface area contributed by atoms with Crippen LogP contribution in [0.5, 0.6) is 0 Å². The third-order valence-corrected chi connectivity index (χ3v) is 3.22. The summed E-state index contributed by atoms with van der Waals surface area (Å²) < 4.78 is 2.70. The Morgan fingerprint density at radius 3 is 3.00 bits per heavy atom. The molecule has 0 amide bonds. The van der Waals surface area contributed by atoms with Crippen molar-refractivity contribution in [3.8, 4) is 0 Å². The van der Waals surface area contributed by atoms with E-state index in [0.717, 1.165) is 16.5 Å². The summed E-state index contributed by atoms with van der Waals surface area (Å²) in [7, 11) is 0. The van der Waals surface area contributed by atoms with Crippen molar-refractivity contribution in [2.24, 2.45) is 0 Å². The summed E-state index contributed by atoms with van der Waals surface area (Å²) in [6.45, 7) is 3.34. The first kappa shape index (κ1) is 13.8. The molecule has 0 aliphatic heterocycles. The zero-order valence-electron chi connectivity index (χ0n) is 10.8. The molecule has 0 saturated carbocycles. The number of nitrogens with one attached hydrogen (secondary N) is 1. The second kappa shape index (κ2) is 6.52. The van der Waals surface area contributed by atoms with Crippen LogP contribution in [0.3, 0.4) is 0 Å². The van der Waals surface area contributed by atoms with E-state index in [9.17, 15) is 4.79 Å². The molecule has 0 bridgehead atoms. The first-order chi connectivity index (χ1) is 9.20. The molecule has 4 nitrogen and oxygen atoms in total. The molecule has 0 radical (unpaired) electrons. The molecule has 1 aromatic carbocycles. The summed E-state index contributed by atoms with van der Waals surface area (Å²) in [5.74, 6) is 0.399. The van der Waals surface area contributed by atoms with Gasteiger partial charge >= 0.3 is 0 Å². The average molecular weight is 322 g/mol. The Morgan fingerprint density at radius 1 is 1.42 bits per heavy atom. The molecule has 0 atom stereocenters. The molecule has 1 aromatic heterocycles. The van der Waals surface area contributed by atoms with Gasteiger partial charge < -0.3 is 9.88 Å². The van der Waals surface area contributed by atoms with E-state index in [2.05, 4.69) is 26.2 Å². The molecule has 1 heterocycles. The van der Waals surface area contributed by atoms with Crippen molar-refractivity contribution in [3.05, 3.63) is 57.0 Å². The van der Waals surface area contributed by atoms with Gasteiger partial charge in [-0.1, -0.05) is 35.0 Å². The van der Waals surface area contributed by atoms with Crippen molar-refractivity contribution >= 4 is 21.7 Å². The minimum absolute atomic E-state index is 0.0700. The number of aryl methyl sites for hydroxylation is 1. The Morgan fingerprint density at radius 2 is 2.26 bits per heavy atom. The lowest BCUT2D eigenvalue weighted by Crippen LogP contribution is -2.24. The number of benzene rings is 1. The van der Waals surface area contributed by atoms with Crippen LogP contribution in [0.15, 0.2) is 45.9 Å². The molecule has 19 heavy (non-hydrogen) atoms. The lowest BCUT2D eigenvalue weighted by molar-refractivity contribution is 0.649. The fraction of sp³-hybridized carbons (Fsp3) is 0.286. The molecule has 1 N–H and O–H groups in total.